The van der Waals surface area contributed by atoms with Crippen molar-refractivity contribution in [2.24, 2.45) is 0 Å². The molecule has 0 fully saturated rings. The molecule has 5 rings (SSSR count). The molecule has 0 unspecified atom stereocenters. The summed E-state index contributed by atoms with van der Waals surface area (Å²) < 4.78 is 35.4. The molecule has 0 radical (unpaired) electrons. The fourth-order valence-electron chi connectivity index (χ4n) is 4.55. The number of carbonyl (C=O) groups excluding carboxylic acids is 1. The highest BCUT2D eigenvalue weighted by atomic mass is 32.2. The zero-order valence-corrected chi connectivity index (χ0v) is 21.8. The van der Waals surface area contributed by atoms with Crippen molar-refractivity contribution in [1.82, 2.24) is 5.32 Å². The normalized spacial score (nSPS) is 14.1. The van der Waals surface area contributed by atoms with Crippen LogP contribution in [0.5, 0.6) is 5.75 Å². The Balaban J connectivity index is 1.52. The SMILES string of the molecule is Cc1cccc(OCCNC(=O)C2=C(c3ccccc3)c3ccccc3N(Cc3ccccc3)S2(=O)=O)c1. The van der Waals surface area contributed by atoms with E-state index in [9.17, 15) is 13.2 Å². The highest BCUT2D eigenvalue weighted by molar-refractivity contribution is 7.97. The molecular weight excluding hydrogens is 496 g/mol. The molecule has 0 aromatic heterocycles. The Bertz CT molecular complexity index is 1580. The highest BCUT2D eigenvalue weighted by Gasteiger charge is 2.41. The Morgan fingerprint density at radius 2 is 1.53 bits per heavy atom. The van der Waals surface area contributed by atoms with Gasteiger partial charge in [-0.15, -0.1) is 0 Å². The van der Waals surface area contributed by atoms with Gasteiger partial charge in [0.25, 0.3) is 15.9 Å². The summed E-state index contributed by atoms with van der Waals surface area (Å²) in [6.07, 6.45) is 0. The van der Waals surface area contributed by atoms with E-state index in [-0.39, 0.29) is 24.6 Å². The molecule has 0 atom stereocenters. The van der Waals surface area contributed by atoms with Gasteiger partial charge >= 0.3 is 0 Å². The number of aryl methyl sites for hydroxylation is 1. The number of anilines is 1. The van der Waals surface area contributed by atoms with Crippen molar-refractivity contribution >= 4 is 27.2 Å². The molecule has 0 aliphatic carbocycles. The Morgan fingerprint density at radius 3 is 2.26 bits per heavy atom. The van der Waals surface area contributed by atoms with Gasteiger partial charge in [-0.2, -0.15) is 0 Å². The highest BCUT2D eigenvalue weighted by Crippen LogP contribution is 2.43. The van der Waals surface area contributed by atoms with Crippen molar-refractivity contribution in [1.29, 1.82) is 0 Å². The molecule has 1 aliphatic rings. The first-order valence-corrected chi connectivity index (χ1v) is 13.8. The van der Waals surface area contributed by atoms with Crippen LogP contribution in [0.15, 0.2) is 114 Å². The minimum absolute atomic E-state index is 0.107. The predicted molar refractivity (Wildman–Crippen MR) is 150 cm³/mol. The third kappa shape index (κ3) is 5.19. The number of rotatable bonds is 8. The lowest BCUT2D eigenvalue weighted by atomic mass is 9.95. The summed E-state index contributed by atoms with van der Waals surface area (Å²) in [4.78, 5) is 13.4. The quantitative estimate of drug-likeness (QED) is 0.318. The Labute approximate surface area is 223 Å². The second-order valence-electron chi connectivity index (χ2n) is 9.01. The van der Waals surface area contributed by atoms with Crippen LogP contribution < -0.4 is 14.4 Å². The summed E-state index contributed by atoms with van der Waals surface area (Å²) in [7, 11) is -4.21. The topological polar surface area (TPSA) is 75.7 Å². The maximum absolute atomic E-state index is 14.2. The minimum atomic E-state index is -4.21. The molecular formula is C31H28N2O4S. The van der Waals surface area contributed by atoms with Crippen molar-refractivity contribution < 1.29 is 17.9 Å². The van der Waals surface area contributed by atoms with Crippen molar-refractivity contribution in [2.75, 3.05) is 17.5 Å². The number of fused-ring (bicyclic) bond motifs is 1. The molecule has 38 heavy (non-hydrogen) atoms. The minimum Gasteiger partial charge on any atom is -0.492 e. The van der Waals surface area contributed by atoms with Crippen LogP contribution in [0.25, 0.3) is 5.57 Å². The van der Waals surface area contributed by atoms with E-state index in [1.165, 1.54) is 4.31 Å². The number of nitrogens with one attached hydrogen (secondary N) is 1. The van der Waals surface area contributed by atoms with Gasteiger partial charge in [0.2, 0.25) is 0 Å². The van der Waals surface area contributed by atoms with Crippen LogP contribution >= 0.6 is 0 Å². The van der Waals surface area contributed by atoms with Crippen LogP contribution in [0.4, 0.5) is 5.69 Å². The second kappa shape index (κ2) is 10.9. The molecule has 0 bridgehead atoms. The predicted octanol–water partition coefficient (Wildman–Crippen LogP) is 5.30. The molecule has 6 nitrogen and oxygen atoms in total. The molecule has 1 amide bonds. The standard InChI is InChI=1S/C31H28N2O4S/c1-23-11-10-16-26(21-23)37-20-19-32-31(34)30-29(25-14-6-3-7-15-25)27-17-8-9-18-28(27)33(38(30,35)36)22-24-12-4-2-5-13-24/h2-18,21H,19-20,22H2,1H3,(H,32,34). The molecule has 0 spiro atoms. The van der Waals surface area contributed by atoms with Crippen molar-refractivity contribution in [3.63, 3.8) is 0 Å². The summed E-state index contributed by atoms with van der Waals surface area (Å²) >= 11 is 0. The van der Waals surface area contributed by atoms with Crippen LogP contribution in [0.2, 0.25) is 0 Å². The first kappa shape index (κ1) is 25.3. The molecule has 192 valence electrons. The smallest absolute Gasteiger partial charge is 0.270 e. The maximum atomic E-state index is 14.2. The van der Waals surface area contributed by atoms with Crippen LogP contribution in [0, 0.1) is 6.92 Å². The van der Waals surface area contributed by atoms with E-state index in [1.54, 1.807) is 6.07 Å². The monoisotopic (exact) mass is 524 g/mol. The second-order valence-corrected chi connectivity index (χ2v) is 10.8. The molecule has 1 aliphatic heterocycles. The van der Waals surface area contributed by atoms with Crippen molar-refractivity contribution in [3.8, 4) is 5.75 Å². The zero-order valence-electron chi connectivity index (χ0n) is 21.0. The number of ether oxygens (including phenoxy) is 1. The maximum Gasteiger partial charge on any atom is 0.270 e. The number of hydrogen-bond donors (Lipinski definition) is 1. The van der Waals surface area contributed by atoms with Crippen molar-refractivity contribution in [2.45, 2.75) is 13.5 Å². The average Bonchev–Trinajstić information content (AvgIpc) is 2.93. The summed E-state index contributed by atoms with van der Waals surface area (Å²) in [5, 5.41) is 2.78. The van der Waals surface area contributed by atoms with Gasteiger partial charge in [0.05, 0.1) is 18.8 Å². The van der Waals surface area contributed by atoms with Crippen molar-refractivity contribution in [3.05, 3.63) is 136 Å². The molecule has 0 saturated carbocycles. The summed E-state index contributed by atoms with van der Waals surface area (Å²) in [6.45, 7) is 2.43. The van der Waals surface area contributed by atoms with E-state index in [0.717, 1.165) is 11.1 Å². The fourth-order valence-corrected chi connectivity index (χ4v) is 6.30. The molecule has 7 heteroatoms. The lowest BCUT2D eigenvalue weighted by Crippen LogP contribution is -2.42. The first-order valence-electron chi connectivity index (χ1n) is 12.4. The Hall–Kier alpha value is -4.36. The zero-order chi connectivity index (χ0) is 26.5. The van der Waals surface area contributed by atoms with Crippen LogP contribution in [0.1, 0.15) is 22.3 Å². The van der Waals surface area contributed by atoms with Gasteiger partial charge in [0.1, 0.15) is 12.4 Å². The Morgan fingerprint density at radius 1 is 0.842 bits per heavy atom. The molecule has 4 aromatic rings. The lowest BCUT2D eigenvalue weighted by molar-refractivity contribution is -0.116. The number of hydrogen-bond acceptors (Lipinski definition) is 4. The van der Waals surface area contributed by atoms with Gasteiger partial charge in [-0.1, -0.05) is 91.0 Å². The number of carbonyl (C=O) groups is 1. The number of para-hydroxylation sites is 1. The molecule has 4 aromatic carbocycles. The van der Waals surface area contributed by atoms with Gasteiger partial charge < -0.3 is 10.1 Å². The molecule has 1 N–H and O–H groups in total. The lowest BCUT2D eigenvalue weighted by Gasteiger charge is -2.33. The molecule has 1 heterocycles. The van der Waals surface area contributed by atoms with E-state index in [1.807, 2.05) is 110 Å². The number of sulfonamides is 1. The van der Waals surface area contributed by atoms with E-state index in [0.29, 0.717) is 28.1 Å². The summed E-state index contributed by atoms with van der Waals surface area (Å²) in [5.74, 6) is 0.0287. The van der Waals surface area contributed by atoms with Crippen LogP contribution in [-0.4, -0.2) is 27.5 Å². The van der Waals surface area contributed by atoms with Gasteiger partial charge in [-0.25, -0.2) is 8.42 Å². The van der Waals surface area contributed by atoms with Gasteiger partial charge in [0.15, 0.2) is 4.91 Å². The van der Waals surface area contributed by atoms with E-state index < -0.39 is 15.9 Å². The summed E-state index contributed by atoms with van der Waals surface area (Å²) in [5.41, 5.74) is 4.15. The van der Waals surface area contributed by atoms with Gasteiger partial charge in [-0.3, -0.25) is 9.10 Å². The number of amides is 1. The summed E-state index contributed by atoms with van der Waals surface area (Å²) in [6, 6.07) is 33.4. The molecule has 0 saturated heterocycles. The van der Waals surface area contributed by atoms with E-state index >= 15 is 0 Å². The third-order valence-corrected chi connectivity index (χ3v) is 8.11. The number of benzene rings is 4. The van der Waals surface area contributed by atoms with E-state index in [2.05, 4.69) is 5.32 Å². The largest absolute Gasteiger partial charge is 0.492 e. The van der Waals surface area contributed by atoms with E-state index in [4.69, 9.17) is 4.74 Å². The van der Waals surface area contributed by atoms with Gasteiger partial charge in [-0.05, 0) is 41.8 Å². The van der Waals surface area contributed by atoms with Gasteiger partial charge in [0, 0.05) is 11.1 Å². The Kier molecular flexibility index (Phi) is 7.29. The van der Waals surface area contributed by atoms with Crippen LogP contribution in [0.3, 0.4) is 0 Å². The number of nitrogens with zero attached hydrogens (tertiary/aromatic N) is 1. The third-order valence-electron chi connectivity index (χ3n) is 6.30. The van der Waals surface area contributed by atoms with Crippen LogP contribution in [-0.2, 0) is 21.4 Å². The average molecular weight is 525 g/mol. The fraction of sp³-hybridized carbons (Fsp3) is 0.129. The first-order chi connectivity index (χ1) is 18.4.